The molecular formula is C12H19ClN2O4. The summed E-state index contributed by atoms with van der Waals surface area (Å²) in [6, 6.07) is 0.816. The summed E-state index contributed by atoms with van der Waals surface area (Å²) in [7, 11) is 0. The number of halogens is 1. The standard InChI is InChI=1S/C12H19ClN2O4/c1-12(2,3)19-11(17)15-9(6-4-5-7-14)10(16)18-8-13/h9H,4-6,8H2,1-3H3,(H,15,17). The largest absolute Gasteiger partial charge is 0.448 e. The second-order valence-electron chi connectivity index (χ2n) is 4.82. The predicted octanol–water partition coefficient (Wildman–Crippen LogP) is 2.31. The van der Waals surface area contributed by atoms with Crippen LogP contribution in [0.1, 0.15) is 40.0 Å². The normalized spacial score (nSPS) is 12.2. The molecule has 0 saturated carbocycles. The number of nitrogens with zero attached hydrogens (tertiary/aromatic N) is 1. The lowest BCUT2D eigenvalue weighted by molar-refractivity contribution is -0.144. The third kappa shape index (κ3) is 9.14. The van der Waals surface area contributed by atoms with Crippen LogP contribution in [-0.2, 0) is 14.3 Å². The molecule has 19 heavy (non-hydrogen) atoms. The summed E-state index contributed by atoms with van der Waals surface area (Å²) >= 11 is 5.31. The lowest BCUT2D eigenvalue weighted by Gasteiger charge is -2.22. The zero-order valence-electron chi connectivity index (χ0n) is 11.4. The Kier molecular flexibility index (Phi) is 7.92. The monoisotopic (exact) mass is 290 g/mol. The summed E-state index contributed by atoms with van der Waals surface area (Å²) < 4.78 is 9.69. The summed E-state index contributed by atoms with van der Waals surface area (Å²) in [6.07, 6.45) is 0.346. The molecule has 0 aromatic carbocycles. The number of alkyl halides is 1. The maximum absolute atomic E-state index is 11.6. The number of nitriles is 1. The van der Waals surface area contributed by atoms with Gasteiger partial charge in [0, 0.05) is 6.42 Å². The number of carbonyl (C=O) groups is 2. The highest BCUT2D eigenvalue weighted by Gasteiger charge is 2.24. The van der Waals surface area contributed by atoms with Crippen molar-refractivity contribution >= 4 is 23.7 Å². The molecule has 0 saturated heterocycles. The molecule has 1 amide bonds. The Hall–Kier alpha value is -1.48. The summed E-state index contributed by atoms with van der Waals surface area (Å²) in [5.74, 6) is -0.640. The van der Waals surface area contributed by atoms with Gasteiger partial charge in [0.1, 0.15) is 11.6 Å². The third-order valence-corrected chi connectivity index (χ3v) is 2.06. The molecule has 0 aliphatic heterocycles. The number of nitrogens with one attached hydrogen (secondary N) is 1. The van der Waals surface area contributed by atoms with Gasteiger partial charge >= 0.3 is 12.1 Å². The number of alkyl carbamates (subject to hydrolysis) is 1. The molecule has 108 valence electrons. The van der Waals surface area contributed by atoms with E-state index in [1.165, 1.54) is 0 Å². The molecule has 0 spiro atoms. The molecule has 1 N–H and O–H groups in total. The predicted molar refractivity (Wildman–Crippen MR) is 69.4 cm³/mol. The molecule has 0 aromatic heterocycles. The first-order chi connectivity index (χ1) is 8.80. The van der Waals surface area contributed by atoms with Crippen LogP contribution < -0.4 is 5.32 Å². The molecule has 0 radical (unpaired) electrons. The van der Waals surface area contributed by atoms with Crippen LogP contribution in [0.5, 0.6) is 0 Å². The zero-order valence-corrected chi connectivity index (χ0v) is 12.1. The lowest BCUT2D eigenvalue weighted by Crippen LogP contribution is -2.44. The van der Waals surface area contributed by atoms with Crippen molar-refractivity contribution < 1.29 is 19.1 Å². The second-order valence-corrected chi connectivity index (χ2v) is 5.04. The van der Waals surface area contributed by atoms with Crippen LogP contribution in [0, 0.1) is 11.3 Å². The number of unbranched alkanes of at least 4 members (excludes halogenated alkanes) is 1. The SMILES string of the molecule is CC(C)(C)OC(=O)NC(CCCC#N)C(=O)OCCl. The van der Waals surface area contributed by atoms with E-state index in [0.717, 1.165) is 0 Å². The van der Waals surface area contributed by atoms with Gasteiger partial charge in [-0.3, -0.25) is 0 Å². The minimum atomic E-state index is -0.859. The fourth-order valence-corrected chi connectivity index (χ4v) is 1.35. The van der Waals surface area contributed by atoms with E-state index in [0.29, 0.717) is 19.3 Å². The van der Waals surface area contributed by atoms with E-state index >= 15 is 0 Å². The highest BCUT2D eigenvalue weighted by atomic mass is 35.5. The number of esters is 1. The lowest BCUT2D eigenvalue weighted by atomic mass is 10.1. The van der Waals surface area contributed by atoms with Gasteiger partial charge in [0.15, 0.2) is 6.07 Å². The van der Waals surface area contributed by atoms with Crippen LogP contribution in [-0.4, -0.2) is 29.8 Å². The van der Waals surface area contributed by atoms with Crippen molar-refractivity contribution in [2.24, 2.45) is 0 Å². The Labute approximate surface area is 118 Å². The van der Waals surface area contributed by atoms with Crippen LogP contribution in [0.4, 0.5) is 4.79 Å². The van der Waals surface area contributed by atoms with Crippen molar-refractivity contribution in [1.82, 2.24) is 5.32 Å². The number of hydrogen-bond acceptors (Lipinski definition) is 5. The maximum atomic E-state index is 11.6. The van der Waals surface area contributed by atoms with Crippen LogP contribution in [0.3, 0.4) is 0 Å². The van der Waals surface area contributed by atoms with E-state index in [4.69, 9.17) is 21.6 Å². The number of hydrogen-bond donors (Lipinski definition) is 1. The Morgan fingerprint density at radius 3 is 2.53 bits per heavy atom. The first-order valence-corrected chi connectivity index (χ1v) is 6.42. The Balaban J connectivity index is 4.44. The number of rotatable bonds is 6. The van der Waals surface area contributed by atoms with Crippen LogP contribution in [0.25, 0.3) is 0 Å². The summed E-state index contributed by atoms with van der Waals surface area (Å²) in [4.78, 5) is 23.2. The molecule has 0 aliphatic carbocycles. The van der Waals surface area contributed by atoms with Crippen LogP contribution in [0.15, 0.2) is 0 Å². The maximum Gasteiger partial charge on any atom is 0.408 e. The van der Waals surface area contributed by atoms with E-state index in [1.54, 1.807) is 20.8 Å². The molecule has 0 heterocycles. The number of ether oxygens (including phenoxy) is 2. The molecule has 1 atom stereocenters. The van der Waals surface area contributed by atoms with Gasteiger partial charge < -0.3 is 14.8 Å². The Morgan fingerprint density at radius 2 is 2.05 bits per heavy atom. The van der Waals surface area contributed by atoms with Crippen molar-refractivity contribution in [1.29, 1.82) is 5.26 Å². The van der Waals surface area contributed by atoms with Crippen molar-refractivity contribution in [2.45, 2.75) is 51.7 Å². The summed E-state index contributed by atoms with van der Waals surface area (Å²) in [5, 5.41) is 10.9. The second kappa shape index (κ2) is 8.59. The zero-order chi connectivity index (χ0) is 14.9. The molecule has 1 unspecified atom stereocenters. The smallest absolute Gasteiger partial charge is 0.408 e. The molecule has 0 rings (SSSR count). The third-order valence-electron chi connectivity index (χ3n) is 1.95. The average molecular weight is 291 g/mol. The van der Waals surface area contributed by atoms with E-state index in [2.05, 4.69) is 10.1 Å². The molecule has 7 heteroatoms. The van der Waals surface area contributed by atoms with Crippen LogP contribution in [0.2, 0.25) is 0 Å². The molecule has 0 bridgehead atoms. The van der Waals surface area contributed by atoms with Gasteiger partial charge in [0.2, 0.25) is 0 Å². The Morgan fingerprint density at radius 1 is 1.42 bits per heavy atom. The first-order valence-electron chi connectivity index (χ1n) is 5.89. The van der Waals surface area contributed by atoms with Crippen molar-refractivity contribution in [3.8, 4) is 6.07 Å². The van der Waals surface area contributed by atoms with Gasteiger partial charge in [-0.05, 0) is 33.6 Å². The number of carbonyl (C=O) groups excluding carboxylic acids is 2. The van der Waals surface area contributed by atoms with Crippen LogP contribution >= 0.6 is 11.6 Å². The van der Waals surface area contributed by atoms with E-state index in [9.17, 15) is 9.59 Å². The molecule has 6 nitrogen and oxygen atoms in total. The quantitative estimate of drug-likeness (QED) is 0.461. The van der Waals surface area contributed by atoms with Gasteiger partial charge in [0.05, 0.1) is 6.07 Å². The summed E-state index contributed by atoms with van der Waals surface area (Å²) in [5.41, 5.74) is -0.655. The fourth-order valence-electron chi connectivity index (χ4n) is 1.24. The van der Waals surface area contributed by atoms with Crippen molar-refractivity contribution in [3.05, 3.63) is 0 Å². The Bertz CT molecular complexity index is 347. The molecule has 0 aromatic rings. The molecule has 0 fully saturated rings. The van der Waals surface area contributed by atoms with Gasteiger partial charge in [-0.2, -0.15) is 5.26 Å². The fraction of sp³-hybridized carbons (Fsp3) is 0.750. The minimum absolute atomic E-state index is 0.288. The first kappa shape index (κ1) is 17.5. The average Bonchev–Trinajstić information content (AvgIpc) is 2.25. The topological polar surface area (TPSA) is 88.4 Å². The number of amides is 1. The van der Waals surface area contributed by atoms with Gasteiger partial charge in [-0.1, -0.05) is 11.6 Å². The minimum Gasteiger partial charge on any atom is -0.448 e. The highest BCUT2D eigenvalue weighted by molar-refractivity contribution is 6.17. The van der Waals surface area contributed by atoms with Gasteiger partial charge in [-0.25, -0.2) is 9.59 Å². The summed E-state index contributed by atoms with van der Waals surface area (Å²) in [6.45, 7) is 5.15. The molecular weight excluding hydrogens is 272 g/mol. The van der Waals surface area contributed by atoms with Gasteiger partial charge in [0.25, 0.3) is 0 Å². The van der Waals surface area contributed by atoms with E-state index in [1.807, 2.05) is 6.07 Å². The van der Waals surface area contributed by atoms with Gasteiger partial charge in [-0.15, -0.1) is 0 Å². The van der Waals surface area contributed by atoms with Crippen molar-refractivity contribution in [2.75, 3.05) is 6.07 Å². The molecule has 0 aliphatic rings. The van der Waals surface area contributed by atoms with E-state index < -0.39 is 23.7 Å². The highest BCUT2D eigenvalue weighted by Crippen LogP contribution is 2.09. The van der Waals surface area contributed by atoms with E-state index in [-0.39, 0.29) is 6.07 Å². The van der Waals surface area contributed by atoms with Crippen molar-refractivity contribution in [3.63, 3.8) is 0 Å².